The van der Waals surface area contributed by atoms with Crippen LogP contribution in [-0.2, 0) is 10.0 Å². The van der Waals surface area contributed by atoms with Crippen LogP contribution in [0.1, 0.15) is 13.8 Å². The third-order valence-electron chi connectivity index (χ3n) is 3.20. The molecule has 1 aliphatic heterocycles. The Balaban J connectivity index is 2.32. The van der Waals surface area contributed by atoms with E-state index in [1.54, 1.807) is 19.9 Å². The van der Waals surface area contributed by atoms with E-state index in [4.69, 9.17) is 14.7 Å². The predicted octanol–water partition coefficient (Wildman–Crippen LogP) is 1.63. The van der Waals surface area contributed by atoms with Crippen molar-refractivity contribution in [1.29, 1.82) is 5.26 Å². The summed E-state index contributed by atoms with van der Waals surface area (Å²) in [7, 11) is -3.64. The summed E-state index contributed by atoms with van der Waals surface area (Å²) in [4.78, 5) is 0.152. The van der Waals surface area contributed by atoms with Gasteiger partial charge in [0.25, 0.3) is 0 Å². The SMILES string of the molecule is CCN(CC(C)C#N)S(=O)(=O)c1ccc2c(c1)OCCO2. The van der Waals surface area contributed by atoms with Crippen LogP contribution >= 0.6 is 0 Å². The molecule has 1 aliphatic rings. The molecule has 0 aliphatic carbocycles. The summed E-state index contributed by atoms with van der Waals surface area (Å²) in [5.41, 5.74) is 0. The van der Waals surface area contributed by atoms with Gasteiger partial charge < -0.3 is 9.47 Å². The monoisotopic (exact) mass is 310 g/mol. The molecule has 0 N–H and O–H groups in total. The molecule has 0 saturated heterocycles. The van der Waals surface area contributed by atoms with Gasteiger partial charge in [0, 0.05) is 19.2 Å². The first-order valence-electron chi connectivity index (χ1n) is 6.78. The molecule has 0 amide bonds. The Bertz CT molecular complexity index is 651. The third-order valence-corrected chi connectivity index (χ3v) is 5.14. The van der Waals surface area contributed by atoms with Crippen molar-refractivity contribution in [2.24, 2.45) is 5.92 Å². The lowest BCUT2D eigenvalue weighted by atomic mass is 10.2. The molecule has 2 rings (SSSR count). The maximum atomic E-state index is 12.6. The van der Waals surface area contributed by atoms with Crippen molar-refractivity contribution in [3.8, 4) is 17.6 Å². The van der Waals surface area contributed by atoms with E-state index < -0.39 is 10.0 Å². The first kappa shape index (κ1) is 15.6. The van der Waals surface area contributed by atoms with Crippen LogP contribution in [0.25, 0.3) is 0 Å². The summed E-state index contributed by atoms with van der Waals surface area (Å²) in [6.45, 7) is 4.79. The topological polar surface area (TPSA) is 79.6 Å². The number of rotatable bonds is 5. The van der Waals surface area contributed by atoms with E-state index in [0.29, 0.717) is 31.3 Å². The summed E-state index contributed by atoms with van der Waals surface area (Å²) in [5, 5.41) is 8.87. The minimum absolute atomic E-state index is 0.152. The fraction of sp³-hybridized carbons (Fsp3) is 0.500. The molecule has 1 aromatic rings. The maximum Gasteiger partial charge on any atom is 0.243 e. The van der Waals surface area contributed by atoms with Crippen LogP contribution in [0.3, 0.4) is 0 Å². The minimum Gasteiger partial charge on any atom is -0.486 e. The van der Waals surface area contributed by atoms with E-state index >= 15 is 0 Å². The van der Waals surface area contributed by atoms with Gasteiger partial charge in [-0.3, -0.25) is 0 Å². The molecule has 1 unspecified atom stereocenters. The van der Waals surface area contributed by atoms with Gasteiger partial charge in [0.1, 0.15) is 13.2 Å². The maximum absolute atomic E-state index is 12.6. The Morgan fingerprint density at radius 1 is 1.33 bits per heavy atom. The minimum atomic E-state index is -3.64. The average Bonchev–Trinajstić information content (AvgIpc) is 2.51. The normalized spacial score (nSPS) is 15.5. The number of hydrogen-bond donors (Lipinski definition) is 0. The molecule has 114 valence electrons. The fourth-order valence-electron chi connectivity index (χ4n) is 2.08. The zero-order chi connectivity index (χ0) is 15.5. The van der Waals surface area contributed by atoms with Gasteiger partial charge in [-0.1, -0.05) is 6.92 Å². The van der Waals surface area contributed by atoms with E-state index in [2.05, 4.69) is 6.07 Å². The van der Waals surface area contributed by atoms with Gasteiger partial charge in [-0.2, -0.15) is 9.57 Å². The van der Waals surface area contributed by atoms with Crippen LogP contribution in [0, 0.1) is 17.2 Å². The number of nitrogens with zero attached hydrogens (tertiary/aromatic N) is 2. The van der Waals surface area contributed by atoms with Gasteiger partial charge in [-0.15, -0.1) is 0 Å². The summed E-state index contributed by atoms with van der Waals surface area (Å²) in [6.07, 6.45) is 0. The molecule has 7 heteroatoms. The van der Waals surface area contributed by atoms with Gasteiger partial charge in [-0.05, 0) is 19.1 Å². The quantitative estimate of drug-likeness (QED) is 0.826. The number of benzene rings is 1. The van der Waals surface area contributed by atoms with Gasteiger partial charge >= 0.3 is 0 Å². The van der Waals surface area contributed by atoms with Crippen molar-refractivity contribution < 1.29 is 17.9 Å². The van der Waals surface area contributed by atoms with Gasteiger partial charge in [0.15, 0.2) is 11.5 Å². The molecular weight excluding hydrogens is 292 g/mol. The molecule has 6 nitrogen and oxygen atoms in total. The lowest BCUT2D eigenvalue weighted by Gasteiger charge is -2.23. The van der Waals surface area contributed by atoms with Crippen molar-refractivity contribution in [2.45, 2.75) is 18.7 Å². The summed E-state index contributed by atoms with van der Waals surface area (Å²) in [5.74, 6) is 0.622. The predicted molar refractivity (Wildman–Crippen MR) is 76.6 cm³/mol. The highest BCUT2D eigenvalue weighted by molar-refractivity contribution is 7.89. The number of hydrogen-bond acceptors (Lipinski definition) is 5. The Hall–Kier alpha value is -1.78. The summed E-state index contributed by atoms with van der Waals surface area (Å²) in [6, 6.07) is 6.63. The summed E-state index contributed by atoms with van der Waals surface area (Å²) >= 11 is 0. The van der Waals surface area contributed by atoms with Crippen LogP contribution in [0.5, 0.6) is 11.5 Å². The first-order valence-corrected chi connectivity index (χ1v) is 8.22. The molecule has 0 radical (unpaired) electrons. The van der Waals surface area contributed by atoms with Crippen molar-refractivity contribution in [2.75, 3.05) is 26.3 Å². The van der Waals surface area contributed by atoms with E-state index in [9.17, 15) is 8.42 Å². The van der Waals surface area contributed by atoms with E-state index in [1.807, 2.05) is 0 Å². The molecule has 1 heterocycles. The van der Waals surface area contributed by atoms with E-state index in [1.165, 1.54) is 16.4 Å². The molecule has 0 aromatic heterocycles. The highest BCUT2D eigenvalue weighted by atomic mass is 32.2. The van der Waals surface area contributed by atoms with Crippen molar-refractivity contribution in [3.63, 3.8) is 0 Å². The van der Waals surface area contributed by atoms with Crippen molar-refractivity contribution in [3.05, 3.63) is 18.2 Å². The van der Waals surface area contributed by atoms with Gasteiger partial charge in [-0.25, -0.2) is 8.42 Å². The third kappa shape index (κ3) is 3.28. The Morgan fingerprint density at radius 2 is 2.00 bits per heavy atom. The van der Waals surface area contributed by atoms with Gasteiger partial charge in [0.2, 0.25) is 10.0 Å². The average molecular weight is 310 g/mol. The van der Waals surface area contributed by atoms with Crippen LogP contribution < -0.4 is 9.47 Å². The van der Waals surface area contributed by atoms with Crippen molar-refractivity contribution in [1.82, 2.24) is 4.31 Å². The molecule has 21 heavy (non-hydrogen) atoms. The van der Waals surface area contributed by atoms with Crippen LogP contribution in [0.4, 0.5) is 0 Å². The molecule has 0 bridgehead atoms. The van der Waals surface area contributed by atoms with E-state index in [-0.39, 0.29) is 17.4 Å². The molecule has 1 atom stereocenters. The first-order chi connectivity index (χ1) is 9.98. The fourth-order valence-corrected chi connectivity index (χ4v) is 3.63. The highest BCUT2D eigenvalue weighted by Crippen LogP contribution is 2.33. The molecular formula is C14H18N2O4S. The standard InChI is InChI=1S/C14H18N2O4S/c1-3-16(10-11(2)9-15)21(17,18)12-4-5-13-14(8-12)20-7-6-19-13/h4-5,8,11H,3,6-7,10H2,1-2H3. The number of ether oxygens (including phenoxy) is 2. The second-order valence-electron chi connectivity index (χ2n) is 4.79. The molecule has 0 saturated carbocycles. The molecule has 0 fully saturated rings. The number of nitriles is 1. The largest absolute Gasteiger partial charge is 0.486 e. The molecule has 1 aromatic carbocycles. The zero-order valence-electron chi connectivity index (χ0n) is 12.1. The lowest BCUT2D eigenvalue weighted by molar-refractivity contribution is 0.171. The molecule has 0 spiro atoms. The highest BCUT2D eigenvalue weighted by Gasteiger charge is 2.26. The zero-order valence-corrected chi connectivity index (χ0v) is 12.9. The Morgan fingerprint density at radius 3 is 2.62 bits per heavy atom. The number of sulfonamides is 1. The smallest absolute Gasteiger partial charge is 0.243 e. The van der Waals surface area contributed by atoms with E-state index in [0.717, 1.165) is 0 Å². The Labute approximate surface area is 124 Å². The van der Waals surface area contributed by atoms with Crippen molar-refractivity contribution >= 4 is 10.0 Å². The lowest BCUT2D eigenvalue weighted by Crippen LogP contribution is -2.34. The second-order valence-corrected chi connectivity index (χ2v) is 6.73. The summed E-state index contributed by atoms with van der Waals surface area (Å²) < 4.78 is 37.3. The van der Waals surface area contributed by atoms with Gasteiger partial charge in [0.05, 0.1) is 16.9 Å². The van der Waals surface area contributed by atoms with Crippen LogP contribution in [0.15, 0.2) is 23.1 Å². The van der Waals surface area contributed by atoms with Crippen LogP contribution in [0.2, 0.25) is 0 Å². The second kappa shape index (κ2) is 6.33. The Kier molecular flexibility index (Phi) is 4.70. The number of fused-ring (bicyclic) bond motifs is 1. The van der Waals surface area contributed by atoms with Crippen LogP contribution in [-0.4, -0.2) is 39.0 Å².